The van der Waals surface area contributed by atoms with E-state index in [1.807, 2.05) is 0 Å². The Morgan fingerprint density at radius 3 is 1.00 bits per heavy atom. The first kappa shape index (κ1) is 27.6. The Hall–Kier alpha value is 3.09. The minimum absolute atomic E-state index is 0. The largest absolute Gasteiger partial charge is 0.0149 e. The van der Waals surface area contributed by atoms with Crippen molar-refractivity contribution in [2.75, 3.05) is 0 Å². The number of hydrogen-bond acceptors (Lipinski definition) is 0. The minimum atomic E-state index is 0. The summed E-state index contributed by atoms with van der Waals surface area (Å²) in [6, 6.07) is 0. The molecule has 4 heavy (non-hydrogen) atoms. The van der Waals surface area contributed by atoms with E-state index in [4.69, 9.17) is 0 Å². The molecule has 4 heteroatoms. The Labute approximate surface area is 98.7 Å². The van der Waals surface area contributed by atoms with Crippen LogP contribution in [0.2, 0.25) is 0 Å². The molecule has 25 valence electrons. The van der Waals surface area contributed by atoms with Crippen LogP contribution in [0.1, 0.15) is 0 Å². The first-order chi connectivity index (χ1) is 0. The molecule has 0 N–H and O–H groups in total. The molecule has 0 aliphatic carbocycles. The molecule has 0 unspecified atom stereocenters. The zero-order chi connectivity index (χ0) is 0. The zero-order valence-electron chi connectivity index (χ0n) is 0.802. The molecule has 0 atom stereocenters. The maximum atomic E-state index is 0. The number of rotatable bonds is 0. The van der Waals surface area contributed by atoms with Crippen LogP contribution in [-0.2, 0) is 38.8 Å². The standard InChI is InChI=1S/Cu.K.H4Si.Ti.H/h;;1H4;;. The third kappa shape index (κ3) is 8.92. The van der Waals surface area contributed by atoms with Gasteiger partial charge in [-0.05, 0) is 11.0 Å². The molecular formula is H5CuKSiTi. The van der Waals surface area contributed by atoms with E-state index in [1.165, 1.54) is 0 Å². The quantitative estimate of drug-likeness (QED) is 0.378. The van der Waals surface area contributed by atoms with Crippen LogP contribution in [0, 0.1) is 0 Å². The Bertz CT molecular complexity index is 8.00. The second-order valence-corrected chi connectivity index (χ2v) is 0. The molecule has 0 aromatic rings. The van der Waals surface area contributed by atoms with Crippen LogP contribution in [0.3, 0.4) is 0 Å². The third-order valence-corrected chi connectivity index (χ3v) is 0. The first-order valence-electron chi connectivity index (χ1n) is 0. The van der Waals surface area contributed by atoms with Crippen LogP contribution < -0.4 is 0 Å². The van der Waals surface area contributed by atoms with Crippen molar-refractivity contribution in [3.8, 4) is 0 Å². The average molecular weight is 184 g/mol. The molecule has 0 fully saturated rings. The van der Waals surface area contributed by atoms with Crippen LogP contribution in [0.25, 0.3) is 0 Å². The Kier molecular flexibility index (Phi) is 114. The second kappa shape index (κ2) is 16.5. The first-order valence-corrected chi connectivity index (χ1v) is 0. The minimum Gasteiger partial charge on any atom is -0.0149 e. The van der Waals surface area contributed by atoms with Gasteiger partial charge in [0.1, 0.15) is 0 Å². The van der Waals surface area contributed by atoms with Crippen molar-refractivity contribution >= 4 is 62.3 Å². The molecule has 0 rings (SSSR count). The summed E-state index contributed by atoms with van der Waals surface area (Å²) in [4.78, 5) is 0. The van der Waals surface area contributed by atoms with Crippen molar-refractivity contribution in [2.24, 2.45) is 0 Å². The summed E-state index contributed by atoms with van der Waals surface area (Å²) >= 11 is 0. The average Bonchev–Trinajstić information content (AvgIpc) is 0. The number of hydrogen-bond donors (Lipinski definition) is 0. The van der Waals surface area contributed by atoms with Crippen LogP contribution in [0.15, 0.2) is 0 Å². The SMILES string of the molecule is [Cu].[KH].[SiH4].[Ti]. The Balaban J connectivity index is 0. The Morgan fingerprint density at radius 2 is 1.00 bits per heavy atom. The van der Waals surface area contributed by atoms with E-state index < -0.39 is 0 Å². The van der Waals surface area contributed by atoms with Crippen molar-refractivity contribution in [1.82, 2.24) is 0 Å². The van der Waals surface area contributed by atoms with Gasteiger partial charge in [0.2, 0.25) is 0 Å². The normalized spacial score (nSPS) is 0. The van der Waals surface area contributed by atoms with Gasteiger partial charge < -0.3 is 0 Å². The van der Waals surface area contributed by atoms with Gasteiger partial charge >= 0.3 is 51.4 Å². The smallest absolute Gasteiger partial charge is 0 e. The molecule has 0 spiro atoms. The van der Waals surface area contributed by atoms with Gasteiger partial charge in [-0.15, -0.1) is 0 Å². The molecule has 0 heterocycles. The van der Waals surface area contributed by atoms with Crippen molar-refractivity contribution in [2.45, 2.75) is 0 Å². The second-order valence-electron chi connectivity index (χ2n) is 0. The molecule has 0 nitrogen and oxygen atoms in total. The van der Waals surface area contributed by atoms with Gasteiger partial charge in [-0.3, -0.25) is 0 Å². The fourth-order valence-corrected chi connectivity index (χ4v) is 0. The van der Waals surface area contributed by atoms with Crippen molar-refractivity contribution in [3.05, 3.63) is 0 Å². The van der Waals surface area contributed by atoms with Crippen LogP contribution >= 0.6 is 0 Å². The van der Waals surface area contributed by atoms with Crippen LogP contribution in [0.4, 0.5) is 0 Å². The fourth-order valence-electron chi connectivity index (χ4n) is 0. The molecule has 0 amide bonds. The molecule has 0 aliphatic rings. The van der Waals surface area contributed by atoms with Gasteiger partial charge in [0.25, 0.3) is 0 Å². The summed E-state index contributed by atoms with van der Waals surface area (Å²) in [5, 5.41) is 0. The maximum absolute atomic E-state index is 0. The van der Waals surface area contributed by atoms with E-state index in [9.17, 15) is 0 Å². The summed E-state index contributed by atoms with van der Waals surface area (Å²) in [7, 11) is 0. The van der Waals surface area contributed by atoms with Gasteiger partial charge in [0.15, 0.2) is 0 Å². The predicted molar refractivity (Wildman–Crippen MR) is 18.5 cm³/mol. The predicted octanol–water partition coefficient (Wildman–Crippen LogP) is -2.11. The molecule has 0 saturated heterocycles. The van der Waals surface area contributed by atoms with Crippen LogP contribution in [0.5, 0.6) is 0 Å². The topological polar surface area (TPSA) is 0 Å². The Morgan fingerprint density at radius 1 is 1.00 bits per heavy atom. The van der Waals surface area contributed by atoms with E-state index in [2.05, 4.69) is 0 Å². The van der Waals surface area contributed by atoms with Crippen molar-refractivity contribution in [1.29, 1.82) is 0 Å². The summed E-state index contributed by atoms with van der Waals surface area (Å²) in [5.41, 5.74) is 0. The van der Waals surface area contributed by atoms with E-state index in [0.717, 1.165) is 0 Å². The maximum Gasteiger partial charge on any atom is 0 e. The molecule has 0 aliphatic heterocycles. The third-order valence-electron chi connectivity index (χ3n) is 0. The molecule has 0 aromatic carbocycles. The molecule has 1 radical (unpaired) electrons. The molecule has 0 saturated carbocycles. The van der Waals surface area contributed by atoms with E-state index >= 15 is 0 Å². The van der Waals surface area contributed by atoms with Crippen molar-refractivity contribution in [3.63, 3.8) is 0 Å². The molecular weight excluding hydrogens is 179 g/mol. The van der Waals surface area contributed by atoms with Gasteiger partial charge in [-0.25, -0.2) is 0 Å². The molecule has 0 aromatic heterocycles. The molecule has 0 bridgehead atoms. The fraction of sp³-hybridized carbons (Fsp3) is 0. The summed E-state index contributed by atoms with van der Waals surface area (Å²) in [6.07, 6.45) is 0. The van der Waals surface area contributed by atoms with Crippen molar-refractivity contribution < 1.29 is 38.8 Å². The van der Waals surface area contributed by atoms with E-state index in [1.54, 1.807) is 0 Å². The summed E-state index contributed by atoms with van der Waals surface area (Å²) in [6.45, 7) is 0. The monoisotopic (exact) mass is 183 g/mol. The summed E-state index contributed by atoms with van der Waals surface area (Å²) in [5.74, 6) is 0. The van der Waals surface area contributed by atoms with Gasteiger partial charge in [0.05, 0.1) is 0 Å². The van der Waals surface area contributed by atoms with Crippen LogP contribution in [-0.4, -0.2) is 62.3 Å². The van der Waals surface area contributed by atoms with E-state index in [-0.39, 0.29) is 101 Å². The van der Waals surface area contributed by atoms with Gasteiger partial charge in [-0.1, -0.05) is 0 Å². The van der Waals surface area contributed by atoms with Gasteiger partial charge in [0, 0.05) is 38.8 Å². The van der Waals surface area contributed by atoms with E-state index in [0.29, 0.717) is 0 Å². The van der Waals surface area contributed by atoms with Gasteiger partial charge in [-0.2, -0.15) is 0 Å². The zero-order valence-corrected chi connectivity index (χ0v) is 3.30. The summed E-state index contributed by atoms with van der Waals surface area (Å²) < 4.78 is 0.